The molecule has 0 saturated heterocycles. The molecule has 4 aromatic heterocycles. The highest BCUT2D eigenvalue weighted by atomic mass is 35.5. The Hall–Kier alpha value is -10.8. The van der Waals surface area contributed by atoms with Gasteiger partial charge < -0.3 is 37.9 Å². The average Bonchev–Trinajstić information content (AvgIpc) is 1.66. The number of nitriles is 4. The Morgan fingerprint density at radius 1 is 0.381 bits per heavy atom. The second-order valence-corrected chi connectivity index (χ2v) is 36.4. The molecule has 0 aliphatic heterocycles. The SMILES string of the molecule is CCn1nc(C)c(Cl)c1/C(OCOC(=O)C1CC1)=C(\C#N)c1ccc(C(C)(C)C)cc1.CCn1nc(C)c(Cl)c1/C(OCOC(=O)C1CCCCC1)=C(\C#N)c1ccc(C(C)(C)C)cc1.CCn1nc(C)c(Cl)c1/C(OCOC(=O)CF)=C(\C#N)c1ccc(C(C)(C)C)cc1.CCn1nc(C)c(Cl)c1/C(OCOC(=O)CSC)=C(\C#N)c1ccc(C(C)(C)C)cc1. The molecule has 2 saturated carbocycles. The Balaban J connectivity index is 0.000000231. The first-order chi connectivity index (χ1) is 59.6. The summed E-state index contributed by atoms with van der Waals surface area (Å²) in [6, 6.07) is 39.8. The molecule has 126 heavy (non-hydrogen) atoms. The zero-order chi connectivity index (χ0) is 93.3. The average molecular weight is 1820 g/mol. The van der Waals surface area contributed by atoms with Gasteiger partial charge in [-0.05, 0) is 153 Å². The smallest absolute Gasteiger partial charge is 0.340 e. The van der Waals surface area contributed by atoms with E-state index in [-0.39, 0.29) is 106 Å². The molecule has 0 unspecified atom stereocenters. The number of alkyl halides is 1. The first-order valence-corrected chi connectivity index (χ1v) is 44.7. The van der Waals surface area contributed by atoms with Crippen molar-refractivity contribution in [1.29, 1.82) is 21.0 Å². The number of hydrogen-bond donors (Lipinski definition) is 0. The van der Waals surface area contributed by atoms with Gasteiger partial charge in [0.1, 0.15) is 69.3 Å². The summed E-state index contributed by atoms with van der Waals surface area (Å²) in [7, 11) is 0. The standard InChI is InChI=1S/C27H34ClN3O3.C24H28ClN3O3.C23H28ClN3O3S.C22H25ClFN3O3/c1-6-31-24(23(28)18(2)30-31)25(33-17-34-26(32)20-10-8-7-9-11-20)22(16-29)19-12-14-21(15-13-19)27(3,4)5;1-6-28-21(20(25)15(2)27-28)22(30-14-31-23(29)17-7-8-17)19(13-26)16-9-11-18(12-10-16)24(3,4)5;1-7-27-21(20(24)15(2)26-27)22(30-14-29-19(28)13-31-6)18(12-25)16-8-10-17(11-9-16)23(3,4)5;1-6-27-20(19(23)14(2)26-27)21(30-13-29-18(28)11-24)17(12-25)15-7-9-16(10-8-15)22(3,4)5/h12-15,20H,6-11,17H2,1-5H3;9-12,17H,6-8,14H2,1-5H3;8-11H,7,13-14H2,1-6H3;7-10H,6,11,13H2,1-5H3/b25-22-;22-19-;22-18-;21-17-. The number of ether oxygens (including phenoxy) is 8. The van der Waals surface area contributed by atoms with Crippen LogP contribution in [0.4, 0.5) is 4.39 Å². The Morgan fingerprint density at radius 3 is 0.817 bits per heavy atom. The van der Waals surface area contributed by atoms with Crippen LogP contribution in [0.5, 0.6) is 0 Å². The largest absolute Gasteiger partial charge is 0.454 e. The number of rotatable bonds is 29. The lowest BCUT2D eigenvalue weighted by molar-refractivity contribution is -0.158. The van der Waals surface area contributed by atoms with Crippen LogP contribution in [-0.2, 0) is 105 Å². The summed E-state index contributed by atoms with van der Waals surface area (Å²) in [5, 5.41) is 59.4. The molecule has 10 rings (SSSR count). The topological polar surface area (TPSA) is 309 Å². The van der Waals surface area contributed by atoms with E-state index in [0.717, 1.165) is 67.2 Å². The maximum atomic E-state index is 12.5. The van der Waals surface area contributed by atoms with Gasteiger partial charge in [0.2, 0.25) is 27.2 Å². The normalized spacial score (nSPS) is 13.7. The van der Waals surface area contributed by atoms with Crippen molar-refractivity contribution in [2.24, 2.45) is 11.8 Å². The van der Waals surface area contributed by atoms with Gasteiger partial charge >= 0.3 is 23.9 Å². The summed E-state index contributed by atoms with van der Waals surface area (Å²) >= 11 is 27.5. The number of carbonyl (C=O) groups is 4. The van der Waals surface area contributed by atoms with Crippen molar-refractivity contribution in [2.75, 3.05) is 45.9 Å². The Kier molecular flexibility index (Phi) is 37.8. The number of aromatic nitrogens is 8. The van der Waals surface area contributed by atoms with Crippen LogP contribution in [0.15, 0.2) is 97.1 Å². The van der Waals surface area contributed by atoms with Gasteiger partial charge in [0.05, 0.1) is 60.5 Å². The lowest BCUT2D eigenvalue weighted by Crippen LogP contribution is -2.21. The van der Waals surface area contributed by atoms with Crippen LogP contribution < -0.4 is 0 Å². The van der Waals surface area contributed by atoms with E-state index in [4.69, 9.17) is 84.3 Å². The summed E-state index contributed by atoms with van der Waals surface area (Å²) in [5.41, 5.74) is 12.6. The maximum Gasteiger partial charge on any atom is 0.340 e. The number of hydrogen-bond acceptors (Lipinski definition) is 21. The number of halogens is 5. The highest BCUT2D eigenvalue weighted by Gasteiger charge is 2.34. The second-order valence-electron chi connectivity index (χ2n) is 34.0. The van der Waals surface area contributed by atoms with Crippen molar-refractivity contribution < 1.29 is 61.5 Å². The van der Waals surface area contributed by atoms with E-state index in [1.54, 1.807) is 39.5 Å². The van der Waals surface area contributed by atoms with E-state index in [9.17, 15) is 44.6 Å². The van der Waals surface area contributed by atoms with Gasteiger partial charge in [-0.1, -0.05) is 246 Å². The molecule has 30 heteroatoms. The zero-order valence-electron chi connectivity index (χ0n) is 76.0. The maximum absolute atomic E-state index is 12.5. The van der Waals surface area contributed by atoms with Crippen molar-refractivity contribution >= 4 is 127 Å². The first-order valence-electron chi connectivity index (χ1n) is 41.8. The molecule has 0 amide bonds. The van der Waals surface area contributed by atoms with Gasteiger partial charge in [-0.25, -0.2) is 9.18 Å². The zero-order valence-corrected chi connectivity index (χ0v) is 79.8. The van der Waals surface area contributed by atoms with Gasteiger partial charge in [0.25, 0.3) is 0 Å². The minimum Gasteiger partial charge on any atom is -0.454 e. The molecule has 4 aromatic carbocycles. The number of thioether (sulfide) groups is 1. The molecule has 2 aliphatic rings. The third-order valence-electron chi connectivity index (χ3n) is 20.7. The number of carbonyl (C=O) groups excluding carboxylic acids is 4. The lowest BCUT2D eigenvalue weighted by atomic mass is 9.86. The van der Waals surface area contributed by atoms with Crippen molar-refractivity contribution in [2.45, 2.75) is 231 Å². The van der Waals surface area contributed by atoms with Crippen LogP contribution in [0, 0.1) is 84.9 Å². The molecule has 0 radical (unpaired) electrons. The van der Waals surface area contributed by atoms with Crippen LogP contribution in [0.3, 0.4) is 0 Å². The first kappa shape index (κ1) is 102. The number of benzene rings is 4. The Morgan fingerprint density at radius 2 is 0.611 bits per heavy atom. The van der Waals surface area contributed by atoms with E-state index in [2.05, 4.69) is 128 Å². The fraction of sp³-hybridized carbons (Fsp3) is 0.458. The summed E-state index contributed by atoms with van der Waals surface area (Å²) in [5.74, 6) is -1.04. The molecule has 672 valence electrons. The highest BCUT2D eigenvalue weighted by molar-refractivity contribution is 7.99. The fourth-order valence-electron chi connectivity index (χ4n) is 13.3. The molecule has 0 spiro atoms. The Bertz CT molecular complexity index is 5450. The van der Waals surface area contributed by atoms with E-state index in [1.807, 2.05) is 138 Å². The van der Waals surface area contributed by atoms with E-state index < -0.39 is 25.4 Å². The van der Waals surface area contributed by atoms with Crippen LogP contribution >= 0.6 is 58.2 Å². The highest BCUT2D eigenvalue weighted by Crippen LogP contribution is 2.41. The number of esters is 4. The molecule has 2 fully saturated rings. The predicted octanol–water partition coefficient (Wildman–Crippen LogP) is 22.6. The molecular weight excluding hydrogens is 1710 g/mol. The van der Waals surface area contributed by atoms with Crippen molar-refractivity contribution in [3.8, 4) is 24.3 Å². The molecule has 24 nitrogen and oxygen atoms in total. The van der Waals surface area contributed by atoms with Crippen molar-refractivity contribution in [3.05, 3.63) is 207 Å². The van der Waals surface area contributed by atoms with Gasteiger partial charge in [0.15, 0.2) is 29.7 Å². The minimum absolute atomic E-state index is 0.00730. The summed E-state index contributed by atoms with van der Waals surface area (Å²) in [6.45, 7) is 39.6. The van der Waals surface area contributed by atoms with Crippen LogP contribution in [0.2, 0.25) is 20.1 Å². The fourth-order valence-corrected chi connectivity index (χ4v) is 14.5. The van der Waals surface area contributed by atoms with Crippen molar-refractivity contribution in [1.82, 2.24) is 39.1 Å². The van der Waals surface area contributed by atoms with Gasteiger partial charge in [0, 0.05) is 26.2 Å². The molecule has 0 N–H and O–H groups in total. The monoisotopic (exact) mass is 1820 g/mol. The lowest BCUT2D eigenvalue weighted by Gasteiger charge is -2.21. The summed E-state index contributed by atoms with van der Waals surface area (Å²) in [4.78, 5) is 47.4. The van der Waals surface area contributed by atoms with Gasteiger partial charge in [-0.2, -0.15) is 53.2 Å². The molecule has 2 aliphatic carbocycles. The van der Waals surface area contributed by atoms with E-state index >= 15 is 0 Å². The molecule has 4 heterocycles. The molecule has 0 atom stereocenters. The molecule has 0 bridgehead atoms. The number of aryl methyl sites for hydroxylation is 8. The van der Waals surface area contributed by atoms with Gasteiger partial charge in [-0.15, -0.1) is 0 Å². The van der Waals surface area contributed by atoms with Crippen LogP contribution in [0.1, 0.15) is 246 Å². The van der Waals surface area contributed by atoms with Crippen molar-refractivity contribution in [3.63, 3.8) is 0 Å². The molecular formula is C96H115Cl4FN12O12S. The minimum atomic E-state index is -1.27. The van der Waals surface area contributed by atoms with E-state index in [1.165, 1.54) is 11.8 Å². The molecule has 8 aromatic rings. The van der Waals surface area contributed by atoms with Crippen LogP contribution in [-0.4, -0.2) is 109 Å². The van der Waals surface area contributed by atoms with Gasteiger partial charge in [-0.3, -0.25) is 33.1 Å². The summed E-state index contributed by atoms with van der Waals surface area (Å²) < 4.78 is 63.1. The van der Waals surface area contributed by atoms with E-state index in [0.29, 0.717) is 125 Å². The van der Waals surface area contributed by atoms with Crippen LogP contribution in [0.25, 0.3) is 45.3 Å². The third-order valence-corrected chi connectivity index (χ3v) is 23.0. The third kappa shape index (κ3) is 27.1. The summed E-state index contributed by atoms with van der Waals surface area (Å²) in [6.07, 6.45) is 8.43. The number of nitrogens with zero attached hydrogens (tertiary/aromatic N) is 12. The quantitative estimate of drug-likeness (QED) is 0.0138. The number of allylic oxidation sites excluding steroid dienone is 4. The Labute approximate surface area is 764 Å². The second kappa shape index (κ2) is 46.6. The predicted molar refractivity (Wildman–Crippen MR) is 493 cm³/mol.